The summed E-state index contributed by atoms with van der Waals surface area (Å²) in [5.74, 6) is 1.36. The summed E-state index contributed by atoms with van der Waals surface area (Å²) in [6.07, 6.45) is 4.75. The van der Waals surface area contributed by atoms with E-state index in [-0.39, 0.29) is 5.82 Å². The predicted octanol–water partition coefficient (Wildman–Crippen LogP) is 3.25. The molecule has 0 amide bonds. The fourth-order valence-electron chi connectivity index (χ4n) is 3.01. The van der Waals surface area contributed by atoms with Gasteiger partial charge in [-0.25, -0.2) is 9.07 Å². The van der Waals surface area contributed by atoms with Crippen molar-refractivity contribution in [3.63, 3.8) is 0 Å². The maximum Gasteiger partial charge on any atom is 0.148 e. The topological polar surface area (TPSA) is 29.9 Å². The van der Waals surface area contributed by atoms with Gasteiger partial charge in [0.1, 0.15) is 17.3 Å². The highest BCUT2D eigenvalue weighted by molar-refractivity contribution is 5.58. The van der Waals surface area contributed by atoms with E-state index in [9.17, 15) is 4.39 Å². The van der Waals surface area contributed by atoms with Gasteiger partial charge in [-0.05, 0) is 31.4 Å². The number of halogens is 1. The van der Waals surface area contributed by atoms with E-state index in [1.807, 2.05) is 6.07 Å². The van der Waals surface area contributed by atoms with E-state index in [0.717, 1.165) is 18.8 Å². The molecule has 1 aromatic heterocycles. The predicted molar refractivity (Wildman–Crippen MR) is 72.3 cm³/mol. The summed E-state index contributed by atoms with van der Waals surface area (Å²) in [7, 11) is 0. The van der Waals surface area contributed by atoms with Gasteiger partial charge in [-0.15, -0.1) is 0 Å². The Morgan fingerprint density at radius 3 is 2.84 bits per heavy atom. The molecule has 1 fully saturated rings. The van der Waals surface area contributed by atoms with Crippen molar-refractivity contribution in [3.05, 3.63) is 41.3 Å². The van der Waals surface area contributed by atoms with Gasteiger partial charge in [0.25, 0.3) is 0 Å². The molecule has 0 saturated heterocycles. The molecule has 4 rings (SSSR count). The molecule has 4 heteroatoms. The van der Waals surface area contributed by atoms with E-state index < -0.39 is 0 Å². The number of benzene rings is 1. The van der Waals surface area contributed by atoms with Crippen molar-refractivity contribution in [2.75, 3.05) is 11.9 Å². The molecule has 3 nitrogen and oxygen atoms in total. The van der Waals surface area contributed by atoms with Crippen LogP contribution in [0.4, 0.5) is 10.2 Å². The molecule has 0 spiro atoms. The van der Waals surface area contributed by atoms with Crippen LogP contribution in [-0.4, -0.2) is 16.3 Å². The summed E-state index contributed by atoms with van der Waals surface area (Å²) in [4.78, 5) is 0. The van der Waals surface area contributed by atoms with Crippen molar-refractivity contribution >= 4 is 5.82 Å². The fourth-order valence-corrected chi connectivity index (χ4v) is 3.01. The Balaban J connectivity index is 1.87. The Labute approximate surface area is 111 Å². The molecule has 0 bridgehead atoms. The second kappa shape index (κ2) is 4.08. The maximum absolute atomic E-state index is 14.0. The second-order valence-corrected chi connectivity index (χ2v) is 5.38. The molecule has 1 aromatic carbocycles. The smallest absolute Gasteiger partial charge is 0.148 e. The highest BCUT2D eigenvalue weighted by atomic mass is 19.1. The minimum absolute atomic E-state index is 0.221. The Morgan fingerprint density at radius 1 is 1.26 bits per heavy atom. The van der Waals surface area contributed by atoms with Gasteiger partial charge in [-0.1, -0.05) is 18.6 Å². The molecule has 0 atom stereocenters. The molecule has 1 aliphatic heterocycles. The third-order valence-corrected chi connectivity index (χ3v) is 4.25. The van der Waals surface area contributed by atoms with E-state index in [1.165, 1.54) is 36.6 Å². The molecule has 2 aromatic rings. The molecule has 0 radical (unpaired) electrons. The van der Waals surface area contributed by atoms with Gasteiger partial charge in [-0.3, -0.25) is 0 Å². The first-order valence-corrected chi connectivity index (χ1v) is 6.95. The minimum Gasteiger partial charge on any atom is -0.369 e. The van der Waals surface area contributed by atoms with Gasteiger partial charge in [0.15, 0.2) is 0 Å². The largest absolute Gasteiger partial charge is 0.369 e. The van der Waals surface area contributed by atoms with Crippen molar-refractivity contribution in [2.45, 2.75) is 31.6 Å². The van der Waals surface area contributed by atoms with E-state index in [4.69, 9.17) is 5.10 Å². The molecular formula is C15H16FN3. The van der Waals surface area contributed by atoms with Crippen molar-refractivity contribution in [1.82, 2.24) is 9.78 Å². The quantitative estimate of drug-likeness (QED) is 0.895. The first-order chi connectivity index (χ1) is 9.34. The molecule has 2 aliphatic rings. The summed E-state index contributed by atoms with van der Waals surface area (Å²) in [5, 5.41) is 8.05. The third-order valence-electron chi connectivity index (χ3n) is 4.25. The zero-order valence-electron chi connectivity index (χ0n) is 10.7. The summed E-state index contributed by atoms with van der Waals surface area (Å²) >= 11 is 0. The molecule has 98 valence electrons. The Morgan fingerprint density at radius 2 is 2.11 bits per heavy atom. The lowest BCUT2D eigenvalue weighted by Crippen LogP contribution is -2.13. The number of nitrogens with zero attached hydrogens (tertiary/aromatic N) is 2. The summed E-state index contributed by atoms with van der Waals surface area (Å²) < 4.78 is 15.7. The van der Waals surface area contributed by atoms with Gasteiger partial charge in [0, 0.05) is 18.0 Å². The van der Waals surface area contributed by atoms with Crippen molar-refractivity contribution in [2.24, 2.45) is 0 Å². The molecule has 2 heterocycles. The lowest BCUT2D eigenvalue weighted by atomic mass is 9.81. The molecule has 1 aliphatic carbocycles. The van der Waals surface area contributed by atoms with Crippen LogP contribution in [0.15, 0.2) is 24.3 Å². The molecule has 19 heavy (non-hydrogen) atoms. The van der Waals surface area contributed by atoms with Gasteiger partial charge < -0.3 is 5.32 Å². The summed E-state index contributed by atoms with van der Waals surface area (Å²) in [6.45, 7) is 0.932. The second-order valence-electron chi connectivity index (χ2n) is 5.38. The van der Waals surface area contributed by atoms with Crippen LogP contribution in [0.2, 0.25) is 0 Å². The Hall–Kier alpha value is -1.84. The van der Waals surface area contributed by atoms with Crippen LogP contribution in [0.5, 0.6) is 0 Å². The molecule has 0 unspecified atom stereocenters. The summed E-state index contributed by atoms with van der Waals surface area (Å²) in [5.41, 5.74) is 3.03. The zero-order valence-corrected chi connectivity index (χ0v) is 10.7. The lowest BCUT2D eigenvalue weighted by molar-refractivity contribution is 0.406. The monoisotopic (exact) mass is 257 g/mol. The van der Waals surface area contributed by atoms with Crippen LogP contribution in [0, 0.1) is 5.82 Å². The first kappa shape index (κ1) is 11.0. The maximum atomic E-state index is 14.0. The van der Waals surface area contributed by atoms with Crippen LogP contribution in [-0.2, 0) is 6.42 Å². The number of hydrogen-bond acceptors (Lipinski definition) is 2. The third kappa shape index (κ3) is 1.59. The highest BCUT2D eigenvalue weighted by Crippen LogP contribution is 2.41. The van der Waals surface area contributed by atoms with Gasteiger partial charge in [-0.2, -0.15) is 5.10 Å². The van der Waals surface area contributed by atoms with E-state index in [2.05, 4.69) is 5.32 Å². The fraction of sp³-hybridized carbons (Fsp3) is 0.400. The number of rotatable bonds is 2. The standard InChI is InChI=1S/C15H16FN3/c16-12-6-1-2-7-13(12)19-15-11(8-9-17-15)14(18-19)10-4-3-5-10/h1-2,6-7,10,17H,3-5,8-9H2. The van der Waals surface area contributed by atoms with Crippen LogP contribution in [0.1, 0.15) is 36.4 Å². The average Bonchev–Trinajstić information content (AvgIpc) is 2.92. The molecular weight excluding hydrogens is 241 g/mol. The first-order valence-electron chi connectivity index (χ1n) is 6.95. The van der Waals surface area contributed by atoms with E-state index in [0.29, 0.717) is 11.6 Å². The number of hydrogen-bond donors (Lipinski definition) is 1. The number of para-hydroxylation sites is 1. The minimum atomic E-state index is -0.221. The van der Waals surface area contributed by atoms with Crippen LogP contribution in [0.25, 0.3) is 5.69 Å². The van der Waals surface area contributed by atoms with Crippen LogP contribution < -0.4 is 5.32 Å². The Kier molecular flexibility index (Phi) is 2.37. The number of fused-ring (bicyclic) bond motifs is 1. The number of aromatic nitrogens is 2. The zero-order chi connectivity index (χ0) is 12.8. The van der Waals surface area contributed by atoms with Gasteiger partial charge in [0.2, 0.25) is 0 Å². The molecule has 1 saturated carbocycles. The number of nitrogens with one attached hydrogen (secondary N) is 1. The normalized spacial score (nSPS) is 17.9. The number of anilines is 1. The SMILES string of the molecule is Fc1ccccc1-n1nc(C2CCC2)c2c1NCC2. The summed E-state index contributed by atoms with van der Waals surface area (Å²) in [6, 6.07) is 6.84. The lowest BCUT2D eigenvalue weighted by Gasteiger charge is -2.24. The molecule has 1 N–H and O–H groups in total. The van der Waals surface area contributed by atoms with Crippen molar-refractivity contribution in [3.8, 4) is 5.69 Å². The van der Waals surface area contributed by atoms with Crippen LogP contribution in [0.3, 0.4) is 0 Å². The van der Waals surface area contributed by atoms with E-state index >= 15 is 0 Å². The Bertz CT molecular complexity index is 628. The van der Waals surface area contributed by atoms with Gasteiger partial charge in [0.05, 0.1) is 5.69 Å². The van der Waals surface area contributed by atoms with Gasteiger partial charge >= 0.3 is 0 Å². The van der Waals surface area contributed by atoms with Crippen LogP contribution >= 0.6 is 0 Å². The van der Waals surface area contributed by atoms with Crippen molar-refractivity contribution < 1.29 is 4.39 Å². The average molecular weight is 257 g/mol. The van der Waals surface area contributed by atoms with E-state index in [1.54, 1.807) is 16.8 Å². The van der Waals surface area contributed by atoms with Crippen molar-refractivity contribution in [1.29, 1.82) is 0 Å². The highest BCUT2D eigenvalue weighted by Gasteiger charge is 2.31.